The van der Waals surface area contributed by atoms with Crippen LogP contribution in [0.5, 0.6) is 11.5 Å². The summed E-state index contributed by atoms with van der Waals surface area (Å²) < 4.78 is 16.5. The molecule has 2 atom stereocenters. The second-order valence-electron chi connectivity index (χ2n) is 4.25. The Balaban J connectivity index is 2.17. The first-order valence-corrected chi connectivity index (χ1v) is 6.45. The van der Waals surface area contributed by atoms with E-state index in [1.807, 2.05) is 32.0 Å². The zero-order valence-electron chi connectivity index (χ0n) is 10.9. The summed E-state index contributed by atoms with van der Waals surface area (Å²) in [5, 5.41) is 10.3. The van der Waals surface area contributed by atoms with E-state index in [2.05, 4.69) is 0 Å². The van der Waals surface area contributed by atoms with E-state index in [0.29, 0.717) is 25.6 Å². The predicted molar refractivity (Wildman–Crippen MR) is 68.1 cm³/mol. The lowest BCUT2D eigenvalue weighted by Gasteiger charge is -2.24. The third-order valence-electron chi connectivity index (χ3n) is 3.04. The lowest BCUT2D eigenvalue weighted by atomic mass is 10.0. The summed E-state index contributed by atoms with van der Waals surface area (Å²) in [6.45, 7) is 5.65. The van der Waals surface area contributed by atoms with Gasteiger partial charge in [0.25, 0.3) is 0 Å². The first kappa shape index (κ1) is 13.2. The van der Waals surface area contributed by atoms with E-state index < -0.39 is 6.10 Å². The average Bonchev–Trinajstić information content (AvgIpc) is 2.43. The fourth-order valence-corrected chi connectivity index (χ4v) is 2.10. The van der Waals surface area contributed by atoms with Crippen LogP contribution in [0, 0.1) is 0 Å². The Hall–Kier alpha value is -1.26. The minimum Gasteiger partial charge on any atom is -0.486 e. The summed E-state index contributed by atoms with van der Waals surface area (Å²) >= 11 is 0. The summed E-state index contributed by atoms with van der Waals surface area (Å²) in [5.74, 6) is 1.44. The average molecular weight is 252 g/mol. The van der Waals surface area contributed by atoms with Gasteiger partial charge in [0.15, 0.2) is 11.5 Å². The van der Waals surface area contributed by atoms with Gasteiger partial charge in [-0.25, -0.2) is 0 Å². The zero-order chi connectivity index (χ0) is 13.0. The minimum atomic E-state index is -0.634. The van der Waals surface area contributed by atoms with Gasteiger partial charge in [-0.15, -0.1) is 0 Å². The summed E-state index contributed by atoms with van der Waals surface area (Å²) in [6, 6.07) is 5.53. The zero-order valence-corrected chi connectivity index (χ0v) is 10.9. The normalized spacial score (nSPS) is 17.3. The molecular formula is C14H20O4. The Morgan fingerprint density at radius 1 is 1.22 bits per heavy atom. The Bertz CT molecular complexity index is 391. The van der Waals surface area contributed by atoms with Gasteiger partial charge in [0.2, 0.25) is 0 Å². The summed E-state index contributed by atoms with van der Waals surface area (Å²) in [6.07, 6.45) is -0.0490. The minimum absolute atomic E-state index is 0.183. The molecule has 0 spiro atoms. The number of rotatable bonds is 5. The van der Waals surface area contributed by atoms with E-state index in [9.17, 15) is 5.11 Å². The highest BCUT2D eigenvalue weighted by molar-refractivity contribution is 5.44. The molecule has 1 aromatic carbocycles. The lowest BCUT2D eigenvalue weighted by Crippen LogP contribution is -2.22. The van der Waals surface area contributed by atoms with Crippen molar-refractivity contribution in [1.82, 2.24) is 0 Å². The number of hydrogen-bond donors (Lipinski definition) is 1. The third kappa shape index (κ3) is 2.76. The molecular weight excluding hydrogens is 232 g/mol. The molecule has 2 unspecified atom stereocenters. The highest BCUT2D eigenvalue weighted by atomic mass is 16.6. The highest BCUT2D eigenvalue weighted by Crippen LogP contribution is 2.34. The van der Waals surface area contributed by atoms with Crippen molar-refractivity contribution in [3.05, 3.63) is 23.8 Å². The van der Waals surface area contributed by atoms with Crippen LogP contribution < -0.4 is 9.47 Å². The van der Waals surface area contributed by atoms with Crippen LogP contribution >= 0.6 is 0 Å². The molecule has 0 aliphatic carbocycles. The van der Waals surface area contributed by atoms with Crippen LogP contribution in [0.2, 0.25) is 0 Å². The number of aliphatic hydroxyl groups excluding tert-OH is 1. The van der Waals surface area contributed by atoms with Gasteiger partial charge < -0.3 is 19.3 Å². The molecule has 0 saturated heterocycles. The van der Waals surface area contributed by atoms with Crippen LogP contribution in [0.1, 0.15) is 31.9 Å². The molecule has 0 radical (unpaired) electrons. The maximum atomic E-state index is 10.3. The molecule has 2 rings (SSSR count). The molecule has 18 heavy (non-hydrogen) atoms. The summed E-state index contributed by atoms with van der Waals surface area (Å²) in [4.78, 5) is 0. The number of fused-ring (bicyclic) bond motifs is 1. The fraction of sp³-hybridized carbons (Fsp3) is 0.571. The maximum Gasteiger partial charge on any atom is 0.161 e. The number of aliphatic hydroxyl groups is 1. The second-order valence-corrected chi connectivity index (χ2v) is 4.25. The van der Waals surface area contributed by atoms with Crippen LogP contribution in [-0.2, 0) is 4.74 Å². The van der Waals surface area contributed by atoms with Crippen molar-refractivity contribution < 1.29 is 19.3 Å². The molecule has 0 aromatic heterocycles. The molecule has 0 amide bonds. The van der Waals surface area contributed by atoms with Crippen molar-refractivity contribution in [3.63, 3.8) is 0 Å². The van der Waals surface area contributed by atoms with Gasteiger partial charge in [-0.3, -0.25) is 0 Å². The largest absolute Gasteiger partial charge is 0.486 e. The second kappa shape index (κ2) is 6.07. The first-order chi connectivity index (χ1) is 8.76. The molecule has 4 nitrogen and oxygen atoms in total. The Labute approximate surface area is 107 Å². The summed E-state index contributed by atoms with van der Waals surface area (Å²) in [7, 11) is 0. The molecule has 0 bridgehead atoms. The van der Waals surface area contributed by atoms with E-state index >= 15 is 0 Å². The molecule has 0 fully saturated rings. The number of ether oxygens (including phenoxy) is 3. The van der Waals surface area contributed by atoms with Crippen LogP contribution in [0.4, 0.5) is 0 Å². The standard InChI is InChI=1S/C14H20O4/c1-3-11(16-4-2)14(15)10-5-6-12-13(9-10)18-8-7-17-12/h5-6,9,11,14-15H,3-4,7-8H2,1-2H3. The van der Waals surface area contributed by atoms with E-state index in [1.165, 1.54) is 0 Å². The SMILES string of the molecule is CCOC(CC)C(O)c1ccc2c(c1)OCCO2. The van der Waals surface area contributed by atoms with Gasteiger partial charge >= 0.3 is 0 Å². The van der Waals surface area contributed by atoms with E-state index in [-0.39, 0.29) is 6.10 Å². The Morgan fingerprint density at radius 2 is 1.94 bits per heavy atom. The van der Waals surface area contributed by atoms with Gasteiger partial charge in [0.1, 0.15) is 19.3 Å². The Kier molecular flexibility index (Phi) is 4.44. The highest BCUT2D eigenvalue weighted by Gasteiger charge is 2.22. The van der Waals surface area contributed by atoms with E-state index in [4.69, 9.17) is 14.2 Å². The van der Waals surface area contributed by atoms with Crippen molar-refractivity contribution in [2.45, 2.75) is 32.5 Å². The molecule has 0 saturated carbocycles. The third-order valence-corrected chi connectivity index (χ3v) is 3.04. The van der Waals surface area contributed by atoms with Gasteiger partial charge in [-0.2, -0.15) is 0 Å². The monoisotopic (exact) mass is 252 g/mol. The predicted octanol–water partition coefficient (Wildman–Crippen LogP) is 2.31. The van der Waals surface area contributed by atoms with Crippen molar-refractivity contribution >= 4 is 0 Å². The number of hydrogen-bond acceptors (Lipinski definition) is 4. The van der Waals surface area contributed by atoms with Crippen LogP contribution in [0.3, 0.4) is 0 Å². The molecule has 1 aliphatic heterocycles. The molecule has 100 valence electrons. The summed E-state index contributed by atoms with van der Waals surface area (Å²) in [5.41, 5.74) is 0.805. The number of benzene rings is 1. The van der Waals surface area contributed by atoms with E-state index in [1.54, 1.807) is 0 Å². The first-order valence-electron chi connectivity index (χ1n) is 6.45. The van der Waals surface area contributed by atoms with Crippen LogP contribution in [0.25, 0.3) is 0 Å². The van der Waals surface area contributed by atoms with Crippen molar-refractivity contribution in [1.29, 1.82) is 0 Å². The molecule has 1 heterocycles. The maximum absolute atomic E-state index is 10.3. The molecule has 1 aromatic rings. The van der Waals surface area contributed by atoms with Crippen molar-refractivity contribution in [2.24, 2.45) is 0 Å². The Morgan fingerprint density at radius 3 is 2.61 bits per heavy atom. The van der Waals surface area contributed by atoms with Gasteiger partial charge in [0, 0.05) is 6.61 Å². The van der Waals surface area contributed by atoms with E-state index in [0.717, 1.165) is 17.7 Å². The van der Waals surface area contributed by atoms with Crippen LogP contribution in [0.15, 0.2) is 18.2 Å². The fourth-order valence-electron chi connectivity index (χ4n) is 2.10. The molecule has 1 N–H and O–H groups in total. The van der Waals surface area contributed by atoms with Gasteiger partial charge in [-0.05, 0) is 31.0 Å². The van der Waals surface area contributed by atoms with Crippen molar-refractivity contribution in [3.8, 4) is 11.5 Å². The lowest BCUT2D eigenvalue weighted by molar-refractivity contribution is -0.0357. The van der Waals surface area contributed by atoms with Gasteiger partial charge in [0.05, 0.1) is 6.10 Å². The van der Waals surface area contributed by atoms with Crippen molar-refractivity contribution in [2.75, 3.05) is 19.8 Å². The molecule has 4 heteroatoms. The smallest absolute Gasteiger partial charge is 0.161 e. The topological polar surface area (TPSA) is 47.9 Å². The van der Waals surface area contributed by atoms with Gasteiger partial charge in [-0.1, -0.05) is 13.0 Å². The quantitative estimate of drug-likeness (QED) is 0.873. The van der Waals surface area contributed by atoms with Crippen LogP contribution in [-0.4, -0.2) is 31.0 Å². The molecule has 1 aliphatic rings.